The van der Waals surface area contributed by atoms with Gasteiger partial charge in [0.15, 0.2) is 0 Å². The first-order chi connectivity index (χ1) is 15.2. The van der Waals surface area contributed by atoms with Crippen molar-refractivity contribution in [1.29, 1.82) is 0 Å². The Morgan fingerprint density at radius 2 is 2.13 bits per heavy atom. The van der Waals surface area contributed by atoms with E-state index in [1.54, 1.807) is 18.0 Å². The maximum Gasteiger partial charge on any atom is 0.241 e. The molecule has 2 fully saturated rings. The smallest absolute Gasteiger partial charge is 0.241 e. The standard InChI is InChI=1S/C24H32N4O3/c1-30-19-8-9-22-20(13-19)24-18(16-31-22)14-26-28(24)15-23(29)25-10-12-27-11-4-6-17-5-2-3-7-21(17)27/h8-9,13-14,17,21H,2-7,10-12,15-16H2,1H3,(H,25,29)/t17-,21-/m0/s1. The maximum absolute atomic E-state index is 12.7. The van der Waals surface area contributed by atoms with Gasteiger partial charge in [-0.3, -0.25) is 14.4 Å². The molecule has 7 heteroatoms. The largest absolute Gasteiger partial charge is 0.497 e. The molecule has 3 aliphatic rings. The van der Waals surface area contributed by atoms with Gasteiger partial charge in [-0.25, -0.2) is 0 Å². The highest BCUT2D eigenvalue weighted by molar-refractivity contribution is 5.78. The molecule has 1 aromatic carbocycles. The predicted molar refractivity (Wildman–Crippen MR) is 118 cm³/mol. The van der Waals surface area contributed by atoms with Crippen molar-refractivity contribution in [2.24, 2.45) is 5.92 Å². The molecule has 7 nitrogen and oxygen atoms in total. The Balaban J connectivity index is 1.21. The number of nitrogens with one attached hydrogen (secondary N) is 1. The summed E-state index contributed by atoms with van der Waals surface area (Å²) >= 11 is 0. The molecule has 5 rings (SSSR count). The molecule has 166 valence electrons. The molecule has 31 heavy (non-hydrogen) atoms. The van der Waals surface area contributed by atoms with Gasteiger partial charge in [-0.05, 0) is 56.3 Å². The Bertz CT molecular complexity index is 939. The number of nitrogens with zero attached hydrogens (tertiary/aromatic N) is 3. The molecule has 1 N–H and O–H groups in total. The van der Waals surface area contributed by atoms with Gasteiger partial charge in [-0.15, -0.1) is 0 Å². The Morgan fingerprint density at radius 3 is 3.03 bits per heavy atom. The monoisotopic (exact) mass is 424 g/mol. The van der Waals surface area contributed by atoms with Crippen LogP contribution in [0.15, 0.2) is 24.4 Å². The van der Waals surface area contributed by atoms with Crippen molar-refractivity contribution in [2.45, 2.75) is 57.7 Å². The summed E-state index contributed by atoms with van der Waals surface area (Å²) in [4.78, 5) is 15.3. The topological polar surface area (TPSA) is 68.6 Å². The number of likely N-dealkylation sites (tertiary alicyclic amines) is 1. The van der Waals surface area contributed by atoms with Gasteiger partial charge in [0, 0.05) is 30.3 Å². The van der Waals surface area contributed by atoms with Crippen LogP contribution < -0.4 is 14.8 Å². The van der Waals surface area contributed by atoms with Gasteiger partial charge in [0.25, 0.3) is 0 Å². The van der Waals surface area contributed by atoms with Crippen LogP contribution >= 0.6 is 0 Å². The zero-order chi connectivity index (χ0) is 21.2. The molecule has 2 aliphatic heterocycles. The second kappa shape index (κ2) is 8.91. The second-order valence-electron chi connectivity index (χ2n) is 8.97. The van der Waals surface area contributed by atoms with Gasteiger partial charge in [-0.1, -0.05) is 12.8 Å². The van der Waals surface area contributed by atoms with Crippen molar-refractivity contribution in [3.63, 3.8) is 0 Å². The van der Waals surface area contributed by atoms with E-state index >= 15 is 0 Å². The fourth-order valence-corrected chi connectivity index (χ4v) is 5.60. The summed E-state index contributed by atoms with van der Waals surface area (Å²) in [5, 5.41) is 7.59. The lowest BCUT2D eigenvalue weighted by Gasteiger charge is -2.44. The molecule has 1 aromatic heterocycles. The summed E-state index contributed by atoms with van der Waals surface area (Å²) in [6, 6.07) is 6.46. The van der Waals surface area contributed by atoms with Crippen LogP contribution in [0.2, 0.25) is 0 Å². The third-order valence-electron chi connectivity index (χ3n) is 7.11. The number of ether oxygens (including phenoxy) is 2. The highest BCUT2D eigenvalue weighted by Crippen LogP contribution is 2.39. The van der Waals surface area contributed by atoms with Gasteiger partial charge in [0.1, 0.15) is 24.7 Å². The summed E-state index contributed by atoms with van der Waals surface area (Å²) < 4.78 is 13.0. The van der Waals surface area contributed by atoms with Crippen molar-refractivity contribution in [3.8, 4) is 22.8 Å². The van der Waals surface area contributed by atoms with Crippen molar-refractivity contribution < 1.29 is 14.3 Å². The van der Waals surface area contributed by atoms with Crippen molar-refractivity contribution in [2.75, 3.05) is 26.7 Å². The third-order valence-corrected chi connectivity index (χ3v) is 7.11. The average molecular weight is 425 g/mol. The Hall–Kier alpha value is -2.54. The van der Waals surface area contributed by atoms with Crippen LogP contribution in [0.1, 0.15) is 44.1 Å². The van der Waals surface area contributed by atoms with E-state index in [9.17, 15) is 4.79 Å². The van der Waals surface area contributed by atoms with E-state index in [-0.39, 0.29) is 12.5 Å². The molecule has 1 amide bonds. The van der Waals surface area contributed by atoms with E-state index in [1.807, 2.05) is 18.2 Å². The molecule has 1 saturated heterocycles. The summed E-state index contributed by atoms with van der Waals surface area (Å²) in [6.45, 7) is 3.48. The molecule has 1 aliphatic carbocycles. The van der Waals surface area contributed by atoms with Crippen LogP contribution in [0.5, 0.6) is 11.5 Å². The van der Waals surface area contributed by atoms with Crippen LogP contribution in [-0.4, -0.2) is 53.4 Å². The molecule has 0 bridgehead atoms. The first kappa shape index (κ1) is 20.4. The van der Waals surface area contributed by atoms with E-state index < -0.39 is 0 Å². The zero-order valence-corrected chi connectivity index (χ0v) is 18.3. The fourth-order valence-electron chi connectivity index (χ4n) is 5.60. The Kier molecular flexibility index (Phi) is 5.85. The quantitative estimate of drug-likeness (QED) is 0.771. The lowest BCUT2D eigenvalue weighted by molar-refractivity contribution is -0.121. The van der Waals surface area contributed by atoms with Crippen LogP contribution in [0.3, 0.4) is 0 Å². The summed E-state index contributed by atoms with van der Waals surface area (Å²) in [5.41, 5.74) is 2.85. The molecular formula is C24H32N4O3. The van der Waals surface area contributed by atoms with Crippen molar-refractivity contribution >= 4 is 5.91 Å². The number of fused-ring (bicyclic) bond motifs is 4. The van der Waals surface area contributed by atoms with Crippen LogP contribution in [0.4, 0.5) is 0 Å². The summed E-state index contributed by atoms with van der Waals surface area (Å²) in [5.74, 6) is 2.42. The minimum absolute atomic E-state index is 0.000887. The number of aromatic nitrogens is 2. The number of rotatable bonds is 6. The normalized spacial score (nSPS) is 22.6. The molecule has 1 saturated carbocycles. The predicted octanol–water partition coefficient (Wildman–Crippen LogP) is 3.22. The lowest BCUT2D eigenvalue weighted by Crippen LogP contribution is -2.49. The first-order valence-electron chi connectivity index (χ1n) is 11.6. The second-order valence-corrected chi connectivity index (χ2v) is 8.97. The van der Waals surface area contributed by atoms with Crippen LogP contribution in [0, 0.1) is 5.92 Å². The number of benzene rings is 1. The highest BCUT2D eigenvalue weighted by atomic mass is 16.5. The number of carbonyl (C=O) groups excluding carboxylic acids is 1. The third kappa shape index (κ3) is 4.15. The number of carbonyl (C=O) groups is 1. The van der Waals surface area contributed by atoms with Crippen molar-refractivity contribution in [1.82, 2.24) is 20.0 Å². The number of hydrogen-bond donors (Lipinski definition) is 1. The molecule has 0 radical (unpaired) electrons. The molecule has 2 aromatic rings. The Labute approximate surface area is 183 Å². The number of piperidine rings is 1. The molecular weight excluding hydrogens is 392 g/mol. The number of hydrogen-bond acceptors (Lipinski definition) is 5. The van der Waals surface area contributed by atoms with Crippen LogP contribution in [0.25, 0.3) is 11.3 Å². The minimum Gasteiger partial charge on any atom is -0.497 e. The van der Waals surface area contributed by atoms with E-state index in [0.717, 1.165) is 46.8 Å². The van der Waals surface area contributed by atoms with E-state index in [4.69, 9.17) is 9.47 Å². The van der Waals surface area contributed by atoms with Crippen LogP contribution in [-0.2, 0) is 17.9 Å². The Morgan fingerprint density at radius 1 is 1.26 bits per heavy atom. The van der Waals surface area contributed by atoms with E-state index in [2.05, 4.69) is 15.3 Å². The van der Waals surface area contributed by atoms with E-state index in [0.29, 0.717) is 13.2 Å². The summed E-state index contributed by atoms with van der Waals surface area (Å²) in [7, 11) is 1.65. The van der Waals surface area contributed by atoms with Gasteiger partial charge in [0.2, 0.25) is 5.91 Å². The fraction of sp³-hybridized carbons (Fsp3) is 0.583. The molecule has 0 unspecified atom stereocenters. The maximum atomic E-state index is 12.7. The van der Waals surface area contributed by atoms with Gasteiger partial charge in [-0.2, -0.15) is 5.10 Å². The van der Waals surface area contributed by atoms with Crippen molar-refractivity contribution in [3.05, 3.63) is 30.0 Å². The highest BCUT2D eigenvalue weighted by Gasteiger charge is 2.32. The summed E-state index contributed by atoms with van der Waals surface area (Å²) in [6.07, 6.45) is 9.91. The molecule has 3 heterocycles. The molecule has 0 spiro atoms. The number of methoxy groups -OCH3 is 1. The minimum atomic E-state index is -0.000887. The first-order valence-corrected chi connectivity index (χ1v) is 11.6. The lowest BCUT2D eigenvalue weighted by atomic mass is 9.78. The zero-order valence-electron chi connectivity index (χ0n) is 18.3. The van der Waals surface area contributed by atoms with Gasteiger partial charge >= 0.3 is 0 Å². The number of amides is 1. The molecule has 2 atom stereocenters. The van der Waals surface area contributed by atoms with E-state index in [1.165, 1.54) is 45.1 Å². The van der Waals surface area contributed by atoms with Gasteiger partial charge in [0.05, 0.1) is 19.0 Å². The SMILES string of the molecule is COc1ccc2c(c1)-c1c(cnn1CC(=O)NCCN1CCC[C@@H]3CCCC[C@@H]31)CO2. The van der Waals surface area contributed by atoms with Gasteiger partial charge < -0.3 is 14.8 Å². The average Bonchev–Trinajstić information content (AvgIpc) is 3.22.